The fourth-order valence-corrected chi connectivity index (χ4v) is 3.77. The fourth-order valence-electron chi connectivity index (χ4n) is 3.77. The Balaban J connectivity index is 2.00. The molecule has 0 unspecified atom stereocenters. The highest BCUT2D eigenvalue weighted by Gasteiger charge is 2.72. The molecule has 0 aromatic heterocycles. The molecule has 3 aliphatic rings. The van der Waals surface area contributed by atoms with Crippen LogP contribution < -0.4 is 0 Å². The number of hydrogen-bond acceptors (Lipinski definition) is 6. The second kappa shape index (κ2) is 5.37. The quantitative estimate of drug-likeness (QED) is 0.420. The summed E-state index contributed by atoms with van der Waals surface area (Å²) in [6, 6.07) is -1.34. The SMILES string of the molecule is CCOC(=O)[C@]12COC(=O)[C@H]1N(C1CCCCC1)C(=O)C2=O. The van der Waals surface area contributed by atoms with Gasteiger partial charge in [-0.3, -0.25) is 14.4 Å². The molecule has 1 saturated carbocycles. The first kappa shape index (κ1) is 15.0. The molecule has 0 N–H and O–H groups in total. The number of fused-ring (bicyclic) bond motifs is 1. The zero-order valence-corrected chi connectivity index (χ0v) is 12.5. The van der Waals surface area contributed by atoms with Crippen LogP contribution in [0.25, 0.3) is 0 Å². The molecule has 2 saturated heterocycles. The van der Waals surface area contributed by atoms with E-state index in [2.05, 4.69) is 0 Å². The smallest absolute Gasteiger partial charge is 0.330 e. The maximum atomic E-state index is 12.5. The molecule has 0 aromatic rings. The van der Waals surface area contributed by atoms with E-state index in [1.165, 1.54) is 4.90 Å². The molecule has 2 heterocycles. The first-order chi connectivity index (χ1) is 10.5. The number of carbonyl (C=O) groups excluding carboxylic acids is 4. The molecule has 0 radical (unpaired) electrons. The standard InChI is InChI=1S/C15H19NO6/c1-2-21-14(20)15-8-22-13(19)10(15)16(12(18)11(15)17)9-6-4-3-5-7-9/h9-10H,2-8H2,1H3/t10-,15-/m1/s1. The largest absolute Gasteiger partial charge is 0.465 e. The number of Topliss-reactive ketones (excluding diaryl/α,β-unsaturated/α-hetero) is 1. The predicted octanol–water partition coefficient (Wildman–Crippen LogP) is 0.205. The summed E-state index contributed by atoms with van der Waals surface area (Å²) in [6.45, 7) is 1.29. The van der Waals surface area contributed by atoms with Crippen LogP contribution in [0, 0.1) is 5.41 Å². The van der Waals surface area contributed by atoms with Crippen molar-refractivity contribution in [2.24, 2.45) is 5.41 Å². The second-order valence-electron chi connectivity index (χ2n) is 6.04. The van der Waals surface area contributed by atoms with Gasteiger partial charge in [-0.15, -0.1) is 0 Å². The van der Waals surface area contributed by atoms with Gasteiger partial charge >= 0.3 is 11.9 Å². The van der Waals surface area contributed by atoms with Crippen molar-refractivity contribution in [3.05, 3.63) is 0 Å². The van der Waals surface area contributed by atoms with E-state index in [1.807, 2.05) is 0 Å². The number of amides is 1. The summed E-state index contributed by atoms with van der Waals surface area (Å²) >= 11 is 0. The van der Waals surface area contributed by atoms with E-state index >= 15 is 0 Å². The summed E-state index contributed by atoms with van der Waals surface area (Å²) in [5.74, 6) is -3.13. The summed E-state index contributed by atoms with van der Waals surface area (Å²) in [4.78, 5) is 50.7. The number of carbonyl (C=O) groups is 4. The molecule has 1 aliphatic carbocycles. The van der Waals surface area contributed by atoms with E-state index in [9.17, 15) is 19.2 Å². The Morgan fingerprint density at radius 2 is 1.95 bits per heavy atom. The molecule has 0 bridgehead atoms. The summed E-state index contributed by atoms with van der Waals surface area (Å²) in [5, 5.41) is 0. The third-order valence-corrected chi connectivity index (χ3v) is 4.85. The molecule has 7 nitrogen and oxygen atoms in total. The lowest BCUT2D eigenvalue weighted by Crippen LogP contribution is -2.51. The summed E-state index contributed by atoms with van der Waals surface area (Å²) in [7, 11) is 0. The van der Waals surface area contributed by atoms with Crippen LogP contribution in [0.4, 0.5) is 0 Å². The highest BCUT2D eigenvalue weighted by Crippen LogP contribution is 2.44. The van der Waals surface area contributed by atoms with Gasteiger partial charge in [-0.05, 0) is 19.8 Å². The summed E-state index contributed by atoms with van der Waals surface area (Å²) in [5.41, 5.74) is -1.80. The Kier molecular flexibility index (Phi) is 3.66. The number of esters is 2. The average Bonchev–Trinajstić information content (AvgIpc) is 2.97. The van der Waals surface area contributed by atoms with Crippen LogP contribution in [0.15, 0.2) is 0 Å². The predicted molar refractivity (Wildman–Crippen MR) is 72.5 cm³/mol. The van der Waals surface area contributed by atoms with Crippen LogP contribution in [0.3, 0.4) is 0 Å². The van der Waals surface area contributed by atoms with Gasteiger partial charge in [0.05, 0.1) is 6.61 Å². The van der Waals surface area contributed by atoms with Crippen LogP contribution in [0.2, 0.25) is 0 Å². The van der Waals surface area contributed by atoms with E-state index in [0.29, 0.717) is 0 Å². The van der Waals surface area contributed by atoms with Crippen molar-refractivity contribution in [3.63, 3.8) is 0 Å². The molecule has 3 rings (SSSR count). The molecule has 7 heteroatoms. The number of hydrogen-bond donors (Lipinski definition) is 0. The molecular weight excluding hydrogens is 290 g/mol. The summed E-state index contributed by atoms with van der Waals surface area (Å²) in [6.07, 6.45) is 4.43. The summed E-state index contributed by atoms with van der Waals surface area (Å²) < 4.78 is 9.94. The number of ketones is 1. The van der Waals surface area contributed by atoms with Crippen molar-refractivity contribution in [1.29, 1.82) is 0 Å². The normalized spacial score (nSPS) is 32.1. The fraction of sp³-hybridized carbons (Fsp3) is 0.733. The molecular formula is C15H19NO6. The average molecular weight is 309 g/mol. The zero-order chi connectivity index (χ0) is 15.9. The number of nitrogens with zero attached hydrogens (tertiary/aromatic N) is 1. The van der Waals surface area contributed by atoms with Crippen molar-refractivity contribution in [1.82, 2.24) is 4.90 Å². The number of cyclic esters (lactones) is 1. The van der Waals surface area contributed by atoms with Crippen LogP contribution >= 0.6 is 0 Å². The van der Waals surface area contributed by atoms with Crippen LogP contribution in [-0.2, 0) is 28.7 Å². The Bertz CT molecular complexity index is 538. The van der Waals surface area contributed by atoms with E-state index in [0.717, 1.165) is 32.1 Å². The Hall–Kier alpha value is -1.92. The molecule has 22 heavy (non-hydrogen) atoms. The molecule has 2 atom stereocenters. The number of likely N-dealkylation sites (tertiary alicyclic amines) is 1. The third kappa shape index (κ3) is 1.87. The van der Waals surface area contributed by atoms with Crippen LogP contribution in [0.1, 0.15) is 39.0 Å². The van der Waals surface area contributed by atoms with Gasteiger partial charge in [0.25, 0.3) is 5.91 Å². The monoisotopic (exact) mass is 309 g/mol. The van der Waals surface area contributed by atoms with E-state index in [1.54, 1.807) is 6.92 Å². The highest BCUT2D eigenvalue weighted by atomic mass is 16.6. The van der Waals surface area contributed by atoms with Gasteiger partial charge in [0.1, 0.15) is 6.61 Å². The molecule has 120 valence electrons. The van der Waals surface area contributed by atoms with Gasteiger partial charge < -0.3 is 14.4 Å². The zero-order valence-electron chi connectivity index (χ0n) is 12.5. The van der Waals surface area contributed by atoms with Gasteiger partial charge in [0.15, 0.2) is 6.04 Å². The van der Waals surface area contributed by atoms with Gasteiger partial charge in [0.2, 0.25) is 11.2 Å². The van der Waals surface area contributed by atoms with Crippen LogP contribution in [0.5, 0.6) is 0 Å². The van der Waals surface area contributed by atoms with Gasteiger partial charge in [-0.1, -0.05) is 19.3 Å². The van der Waals surface area contributed by atoms with E-state index in [4.69, 9.17) is 9.47 Å². The first-order valence-corrected chi connectivity index (χ1v) is 7.75. The van der Waals surface area contributed by atoms with Crippen molar-refractivity contribution in [3.8, 4) is 0 Å². The minimum atomic E-state index is -1.80. The van der Waals surface area contributed by atoms with Crippen LogP contribution in [-0.4, -0.2) is 53.8 Å². The molecule has 2 aliphatic heterocycles. The Morgan fingerprint density at radius 1 is 1.27 bits per heavy atom. The molecule has 1 amide bonds. The van der Waals surface area contributed by atoms with Crippen molar-refractivity contribution < 1.29 is 28.7 Å². The van der Waals surface area contributed by atoms with Gasteiger partial charge in [0, 0.05) is 6.04 Å². The lowest BCUT2D eigenvalue weighted by atomic mass is 9.81. The molecule has 0 spiro atoms. The second-order valence-corrected chi connectivity index (χ2v) is 6.04. The van der Waals surface area contributed by atoms with Crippen molar-refractivity contribution >= 4 is 23.6 Å². The van der Waals surface area contributed by atoms with Crippen molar-refractivity contribution in [2.75, 3.05) is 13.2 Å². The Labute approximate surface area is 127 Å². The third-order valence-electron chi connectivity index (χ3n) is 4.85. The minimum absolute atomic E-state index is 0.0758. The van der Waals surface area contributed by atoms with E-state index < -0.39 is 41.7 Å². The Morgan fingerprint density at radius 3 is 2.59 bits per heavy atom. The molecule has 0 aromatic carbocycles. The lowest BCUT2D eigenvalue weighted by molar-refractivity contribution is -0.160. The van der Waals surface area contributed by atoms with Crippen molar-refractivity contribution in [2.45, 2.75) is 51.1 Å². The van der Waals surface area contributed by atoms with Gasteiger partial charge in [-0.25, -0.2) is 4.79 Å². The highest BCUT2D eigenvalue weighted by molar-refractivity contribution is 6.46. The minimum Gasteiger partial charge on any atom is -0.465 e. The van der Waals surface area contributed by atoms with Gasteiger partial charge in [-0.2, -0.15) is 0 Å². The molecule has 3 fully saturated rings. The topological polar surface area (TPSA) is 90.0 Å². The lowest BCUT2D eigenvalue weighted by Gasteiger charge is -2.34. The number of rotatable bonds is 3. The maximum Gasteiger partial charge on any atom is 0.330 e. The maximum absolute atomic E-state index is 12.5. The van der Waals surface area contributed by atoms with E-state index in [-0.39, 0.29) is 12.6 Å². The first-order valence-electron chi connectivity index (χ1n) is 7.75. The number of ether oxygens (including phenoxy) is 2.